The van der Waals surface area contributed by atoms with Crippen LogP contribution in [0.25, 0.3) is 33.1 Å². The topological polar surface area (TPSA) is 87.5 Å². The van der Waals surface area contributed by atoms with E-state index in [-0.39, 0.29) is 22.6 Å². The van der Waals surface area contributed by atoms with Crippen molar-refractivity contribution in [2.75, 3.05) is 7.11 Å². The molecule has 5 rings (SSSR count). The van der Waals surface area contributed by atoms with Crippen LogP contribution in [0.2, 0.25) is 0 Å². The second-order valence-electron chi connectivity index (χ2n) is 7.35. The number of para-hydroxylation sites is 1. The van der Waals surface area contributed by atoms with E-state index in [2.05, 4.69) is 0 Å². The van der Waals surface area contributed by atoms with E-state index in [0.29, 0.717) is 17.4 Å². The maximum Gasteiger partial charge on any atom is 0.339 e. The summed E-state index contributed by atoms with van der Waals surface area (Å²) < 4.78 is 12.6. The van der Waals surface area contributed by atoms with Crippen LogP contribution in [0.5, 0.6) is 0 Å². The van der Waals surface area contributed by atoms with Crippen LogP contribution in [0.4, 0.5) is 5.69 Å². The Morgan fingerprint density at radius 3 is 2.47 bits per heavy atom. The van der Waals surface area contributed by atoms with Gasteiger partial charge in [-0.05, 0) is 23.8 Å². The number of nitrogens with zero attached hydrogens (tertiary/aromatic N) is 2. The van der Waals surface area contributed by atoms with Crippen molar-refractivity contribution in [1.82, 2.24) is 4.57 Å². The van der Waals surface area contributed by atoms with Crippen LogP contribution in [0.15, 0.2) is 83.5 Å². The van der Waals surface area contributed by atoms with Crippen LogP contribution in [0.3, 0.4) is 0 Å². The Hall–Kier alpha value is -4.39. The van der Waals surface area contributed by atoms with Crippen molar-refractivity contribution >= 4 is 33.5 Å². The quantitative estimate of drug-likeness (QED) is 0.201. The average Bonchev–Trinajstić information content (AvgIpc) is 3.45. The molecule has 5 aromatic rings. The molecule has 0 atom stereocenters. The zero-order valence-electron chi connectivity index (χ0n) is 17.1. The predicted molar refractivity (Wildman–Crippen MR) is 121 cm³/mol. The Morgan fingerprint density at radius 1 is 1.03 bits per heavy atom. The predicted octanol–water partition coefficient (Wildman–Crippen LogP) is 5.80. The van der Waals surface area contributed by atoms with Crippen molar-refractivity contribution in [3.63, 3.8) is 0 Å². The molecule has 0 radical (unpaired) electrons. The number of nitro groups is 1. The van der Waals surface area contributed by atoms with E-state index in [9.17, 15) is 14.9 Å². The molecule has 0 fully saturated rings. The number of hydrogen-bond acceptors (Lipinski definition) is 5. The fraction of sp³-hybridized carbons (Fsp3) is 0.0800. The van der Waals surface area contributed by atoms with E-state index in [1.807, 2.05) is 59.2 Å². The monoisotopic (exact) mass is 426 g/mol. The number of ether oxygens (including phenoxy) is 1. The maximum absolute atomic E-state index is 13.0. The van der Waals surface area contributed by atoms with Crippen molar-refractivity contribution in [3.05, 3.63) is 100 Å². The number of hydrogen-bond donors (Lipinski definition) is 0. The fourth-order valence-electron chi connectivity index (χ4n) is 4.25. The maximum atomic E-state index is 13.0. The minimum atomic E-state index is -0.660. The molecule has 3 aromatic carbocycles. The lowest BCUT2D eigenvalue weighted by molar-refractivity contribution is -0.384. The van der Waals surface area contributed by atoms with E-state index in [0.717, 1.165) is 16.5 Å². The number of aromatic nitrogens is 1. The lowest BCUT2D eigenvalue weighted by atomic mass is 9.97. The summed E-state index contributed by atoms with van der Waals surface area (Å²) >= 11 is 0. The Morgan fingerprint density at radius 2 is 1.78 bits per heavy atom. The molecule has 0 unspecified atom stereocenters. The normalized spacial score (nSPS) is 11.2. The summed E-state index contributed by atoms with van der Waals surface area (Å²) in [6.45, 7) is 0.489. The van der Waals surface area contributed by atoms with Gasteiger partial charge >= 0.3 is 5.97 Å². The van der Waals surface area contributed by atoms with Gasteiger partial charge in [-0.1, -0.05) is 48.5 Å². The highest BCUT2D eigenvalue weighted by atomic mass is 16.6. The molecule has 0 aliphatic rings. The van der Waals surface area contributed by atoms with Crippen molar-refractivity contribution in [1.29, 1.82) is 0 Å². The summed E-state index contributed by atoms with van der Waals surface area (Å²) in [6, 6.07) is 22.2. The Labute approximate surface area is 182 Å². The van der Waals surface area contributed by atoms with Crippen LogP contribution in [0, 0.1) is 10.1 Å². The van der Waals surface area contributed by atoms with E-state index in [1.54, 1.807) is 12.1 Å². The first kappa shape index (κ1) is 19.6. The summed E-state index contributed by atoms with van der Waals surface area (Å²) in [5, 5.41) is 13.5. The standard InChI is InChI=1S/C25H18N2O5/c1-31-25(28)24-22-17-10-5-6-11-18(17)26(15-16-8-3-2-4-9-16)19(22)14-20(27(29)30)23(24)21-12-7-13-32-21/h2-14H,15H2,1H3. The zero-order chi connectivity index (χ0) is 22.2. The summed E-state index contributed by atoms with van der Waals surface area (Å²) in [5.41, 5.74) is 2.49. The van der Waals surface area contributed by atoms with Gasteiger partial charge < -0.3 is 13.7 Å². The average molecular weight is 426 g/mol. The van der Waals surface area contributed by atoms with Crippen LogP contribution < -0.4 is 0 Å². The number of carbonyl (C=O) groups is 1. The van der Waals surface area contributed by atoms with Crippen LogP contribution in [-0.2, 0) is 11.3 Å². The van der Waals surface area contributed by atoms with Gasteiger partial charge in [0, 0.05) is 28.9 Å². The highest BCUT2D eigenvalue weighted by molar-refractivity contribution is 6.21. The highest BCUT2D eigenvalue weighted by Gasteiger charge is 2.31. The molecule has 2 aromatic heterocycles. The van der Waals surface area contributed by atoms with Crippen LogP contribution in [-0.4, -0.2) is 22.6 Å². The van der Waals surface area contributed by atoms with E-state index >= 15 is 0 Å². The molecule has 0 bridgehead atoms. The second-order valence-corrected chi connectivity index (χ2v) is 7.35. The van der Waals surface area contributed by atoms with E-state index in [4.69, 9.17) is 9.15 Å². The third kappa shape index (κ3) is 3.02. The molecule has 0 N–H and O–H groups in total. The number of furan rings is 1. The van der Waals surface area contributed by atoms with Crippen molar-refractivity contribution in [3.8, 4) is 11.3 Å². The first-order valence-corrected chi connectivity index (χ1v) is 9.98. The van der Waals surface area contributed by atoms with Crippen LogP contribution >= 0.6 is 0 Å². The largest absolute Gasteiger partial charge is 0.465 e. The molecule has 7 nitrogen and oxygen atoms in total. The molecule has 0 saturated heterocycles. The molecular weight excluding hydrogens is 408 g/mol. The van der Waals surface area contributed by atoms with Gasteiger partial charge in [0.1, 0.15) is 11.3 Å². The van der Waals surface area contributed by atoms with Gasteiger partial charge in [-0.2, -0.15) is 0 Å². The minimum absolute atomic E-state index is 0.113. The number of rotatable bonds is 5. The molecule has 0 amide bonds. The SMILES string of the molecule is COC(=O)c1c(-c2ccco2)c([N+](=O)[O-])cc2c1c1ccccc1n2Cc1ccccc1. The number of esters is 1. The Bertz CT molecular complexity index is 1470. The summed E-state index contributed by atoms with van der Waals surface area (Å²) in [4.78, 5) is 24.7. The van der Waals surface area contributed by atoms with Crippen molar-refractivity contribution in [2.24, 2.45) is 0 Å². The van der Waals surface area contributed by atoms with Gasteiger partial charge in [0.15, 0.2) is 0 Å². The zero-order valence-corrected chi connectivity index (χ0v) is 17.1. The van der Waals surface area contributed by atoms with Gasteiger partial charge in [0.05, 0.1) is 29.4 Å². The van der Waals surface area contributed by atoms with Gasteiger partial charge in [-0.25, -0.2) is 4.79 Å². The fourth-order valence-corrected chi connectivity index (χ4v) is 4.25. The van der Waals surface area contributed by atoms with Gasteiger partial charge in [-0.3, -0.25) is 10.1 Å². The minimum Gasteiger partial charge on any atom is -0.465 e. The van der Waals surface area contributed by atoms with Gasteiger partial charge in [0.2, 0.25) is 0 Å². The summed E-state index contributed by atoms with van der Waals surface area (Å²) in [6.07, 6.45) is 1.42. The van der Waals surface area contributed by atoms with Crippen molar-refractivity contribution < 1.29 is 18.9 Å². The number of methoxy groups -OCH3 is 1. The third-order valence-corrected chi connectivity index (χ3v) is 5.58. The second kappa shape index (κ2) is 7.70. The molecule has 0 spiro atoms. The lowest BCUT2D eigenvalue weighted by Crippen LogP contribution is -2.08. The van der Waals surface area contributed by atoms with Gasteiger partial charge in [-0.15, -0.1) is 0 Å². The Balaban J connectivity index is 1.96. The number of nitro benzene ring substituents is 1. The third-order valence-electron chi connectivity index (χ3n) is 5.58. The van der Waals surface area contributed by atoms with Crippen molar-refractivity contribution in [2.45, 2.75) is 6.54 Å². The molecule has 0 aliphatic heterocycles. The Kier molecular flexibility index (Phi) is 4.71. The first-order chi connectivity index (χ1) is 15.6. The molecule has 32 heavy (non-hydrogen) atoms. The number of carbonyl (C=O) groups excluding carboxylic acids is 1. The van der Waals surface area contributed by atoms with Gasteiger partial charge in [0.25, 0.3) is 5.69 Å². The molecule has 0 aliphatic carbocycles. The number of benzene rings is 3. The lowest BCUT2D eigenvalue weighted by Gasteiger charge is -2.11. The van der Waals surface area contributed by atoms with E-state index in [1.165, 1.54) is 19.4 Å². The number of fused-ring (bicyclic) bond motifs is 3. The highest BCUT2D eigenvalue weighted by Crippen LogP contribution is 2.43. The van der Waals surface area contributed by atoms with E-state index < -0.39 is 10.9 Å². The molecule has 0 saturated carbocycles. The molecular formula is C25H18N2O5. The molecule has 7 heteroatoms. The smallest absolute Gasteiger partial charge is 0.339 e. The first-order valence-electron chi connectivity index (χ1n) is 9.98. The summed E-state index contributed by atoms with van der Waals surface area (Å²) in [7, 11) is 1.27. The summed E-state index contributed by atoms with van der Waals surface area (Å²) in [5.74, 6) is -0.424. The van der Waals surface area contributed by atoms with Crippen LogP contribution in [0.1, 0.15) is 15.9 Å². The molecule has 2 heterocycles. The molecule has 158 valence electrons.